The number of halogens is 1. The lowest BCUT2D eigenvalue weighted by atomic mass is 10.1. The standard InChI is InChI=1S/C19H19FN4O2S/c1-13-5-10-18(26-2)16(12-13)24-19(21-22-23-24)27-11-3-4-17(25)14-6-8-15(20)9-7-14/h5-10,12H,3-4,11H2,1-2H3. The number of hydrogen-bond acceptors (Lipinski definition) is 6. The molecular weight excluding hydrogens is 367 g/mol. The summed E-state index contributed by atoms with van der Waals surface area (Å²) in [5.74, 6) is 1.01. The van der Waals surface area contributed by atoms with Crippen LogP contribution in [0.3, 0.4) is 0 Å². The van der Waals surface area contributed by atoms with Gasteiger partial charge in [0.05, 0.1) is 7.11 Å². The molecule has 27 heavy (non-hydrogen) atoms. The largest absolute Gasteiger partial charge is 0.494 e. The van der Waals surface area contributed by atoms with Crippen LogP contribution in [0.1, 0.15) is 28.8 Å². The summed E-state index contributed by atoms with van der Waals surface area (Å²) in [5, 5.41) is 12.5. The Bertz CT molecular complexity index is 928. The highest BCUT2D eigenvalue weighted by atomic mass is 32.2. The third-order valence-electron chi connectivity index (χ3n) is 3.95. The molecule has 1 aromatic heterocycles. The van der Waals surface area contributed by atoms with Gasteiger partial charge in [-0.1, -0.05) is 17.8 Å². The van der Waals surface area contributed by atoms with Crippen LogP contribution in [0.25, 0.3) is 5.69 Å². The number of benzene rings is 2. The van der Waals surface area contributed by atoms with Crippen LogP contribution in [-0.2, 0) is 0 Å². The fourth-order valence-corrected chi connectivity index (χ4v) is 3.38. The first kappa shape index (κ1) is 19.0. The van der Waals surface area contributed by atoms with Gasteiger partial charge in [0.2, 0.25) is 5.16 Å². The van der Waals surface area contributed by atoms with E-state index in [-0.39, 0.29) is 11.6 Å². The topological polar surface area (TPSA) is 69.9 Å². The number of tetrazole rings is 1. The Morgan fingerprint density at radius 1 is 1.22 bits per heavy atom. The smallest absolute Gasteiger partial charge is 0.214 e. The van der Waals surface area contributed by atoms with Crippen LogP contribution in [0.4, 0.5) is 4.39 Å². The van der Waals surface area contributed by atoms with E-state index < -0.39 is 0 Å². The number of methoxy groups -OCH3 is 1. The predicted octanol–water partition coefficient (Wildman–Crippen LogP) is 3.87. The molecule has 0 fully saturated rings. The molecule has 6 nitrogen and oxygen atoms in total. The zero-order valence-corrected chi connectivity index (χ0v) is 15.9. The van der Waals surface area contributed by atoms with Crippen LogP contribution in [0.15, 0.2) is 47.6 Å². The van der Waals surface area contributed by atoms with Crippen molar-refractivity contribution in [3.63, 3.8) is 0 Å². The molecule has 0 aliphatic rings. The highest BCUT2D eigenvalue weighted by Crippen LogP contribution is 2.27. The fraction of sp³-hybridized carbons (Fsp3) is 0.263. The van der Waals surface area contributed by atoms with Crippen LogP contribution >= 0.6 is 11.8 Å². The molecule has 3 rings (SSSR count). The van der Waals surface area contributed by atoms with E-state index in [1.807, 2.05) is 25.1 Å². The number of Topliss-reactive ketones (excluding diaryl/α,β-unsaturated/α-hetero) is 1. The number of nitrogens with zero attached hydrogens (tertiary/aromatic N) is 4. The van der Waals surface area contributed by atoms with Gasteiger partial charge in [0.1, 0.15) is 17.3 Å². The van der Waals surface area contributed by atoms with E-state index in [2.05, 4.69) is 15.5 Å². The van der Waals surface area contributed by atoms with E-state index in [4.69, 9.17) is 4.74 Å². The second-order valence-corrected chi connectivity index (χ2v) is 6.99. The Labute approximate surface area is 160 Å². The molecule has 0 radical (unpaired) electrons. The molecule has 0 saturated heterocycles. The van der Waals surface area contributed by atoms with Gasteiger partial charge in [-0.25, -0.2) is 4.39 Å². The highest BCUT2D eigenvalue weighted by Gasteiger charge is 2.14. The van der Waals surface area contributed by atoms with Gasteiger partial charge in [-0.15, -0.1) is 5.10 Å². The summed E-state index contributed by atoms with van der Waals surface area (Å²) in [6.07, 6.45) is 1.05. The van der Waals surface area contributed by atoms with Crippen molar-refractivity contribution >= 4 is 17.5 Å². The van der Waals surface area contributed by atoms with Gasteiger partial charge in [0.25, 0.3) is 0 Å². The fourth-order valence-electron chi connectivity index (χ4n) is 2.56. The molecule has 140 valence electrons. The van der Waals surface area contributed by atoms with Gasteiger partial charge >= 0.3 is 0 Å². The summed E-state index contributed by atoms with van der Waals surface area (Å²) in [6, 6.07) is 11.4. The summed E-state index contributed by atoms with van der Waals surface area (Å²) >= 11 is 1.47. The number of aryl methyl sites for hydroxylation is 1. The van der Waals surface area contributed by atoms with E-state index in [0.29, 0.717) is 35.1 Å². The highest BCUT2D eigenvalue weighted by molar-refractivity contribution is 7.99. The van der Waals surface area contributed by atoms with E-state index in [1.54, 1.807) is 11.8 Å². The quantitative estimate of drug-likeness (QED) is 0.332. The Balaban J connectivity index is 1.60. The maximum absolute atomic E-state index is 12.9. The number of thioether (sulfide) groups is 1. The molecule has 0 N–H and O–H groups in total. The second-order valence-electron chi connectivity index (χ2n) is 5.93. The van der Waals surface area contributed by atoms with Crippen molar-refractivity contribution in [2.24, 2.45) is 0 Å². The molecule has 0 spiro atoms. The van der Waals surface area contributed by atoms with Gasteiger partial charge < -0.3 is 4.74 Å². The van der Waals surface area contributed by atoms with Crippen molar-refractivity contribution in [2.45, 2.75) is 24.9 Å². The number of aromatic nitrogens is 4. The Morgan fingerprint density at radius 2 is 2.00 bits per heavy atom. The third kappa shape index (κ3) is 4.71. The van der Waals surface area contributed by atoms with Crippen molar-refractivity contribution in [3.8, 4) is 11.4 Å². The lowest BCUT2D eigenvalue weighted by molar-refractivity contribution is 0.0982. The van der Waals surface area contributed by atoms with Gasteiger partial charge in [-0.05, 0) is 65.7 Å². The lowest BCUT2D eigenvalue weighted by Crippen LogP contribution is -2.03. The molecule has 3 aromatic rings. The van der Waals surface area contributed by atoms with Gasteiger partial charge in [-0.2, -0.15) is 4.68 Å². The number of ketones is 1. The van der Waals surface area contributed by atoms with Crippen LogP contribution in [0.5, 0.6) is 5.75 Å². The second kappa shape index (κ2) is 8.77. The molecule has 8 heteroatoms. The molecule has 1 heterocycles. The molecule has 0 amide bonds. The van der Waals surface area contributed by atoms with Crippen molar-refractivity contribution < 1.29 is 13.9 Å². The number of hydrogen-bond donors (Lipinski definition) is 0. The molecule has 0 bridgehead atoms. The normalized spacial score (nSPS) is 10.8. The van der Waals surface area contributed by atoms with Crippen LogP contribution in [-0.4, -0.2) is 38.9 Å². The average molecular weight is 386 g/mol. The van der Waals surface area contributed by atoms with Crippen LogP contribution < -0.4 is 4.74 Å². The number of carbonyl (C=O) groups is 1. The first-order chi connectivity index (χ1) is 13.1. The van der Waals surface area contributed by atoms with Crippen molar-refractivity contribution in [2.75, 3.05) is 12.9 Å². The first-order valence-corrected chi connectivity index (χ1v) is 9.42. The minimum Gasteiger partial charge on any atom is -0.494 e. The summed E-state index contributed by atoms with van der Waals surface area (Å²) in [7, 11) is 1.60. The maximum Gasteiger partial charge on any atom is 0.214 e. The molecule has 0 atom stereocenters. The van der Waals surface area contributed by atoms with Crippen molar-refractivity contribution in [1.29, 1.82) is 0 Å². The first-order valence-electron chi connectivity index (χ1n) is 8.43. The molecular formula is C19H19FN4O2S. The van der Waals surface area contributed by atoms with Crippen LogP contribution in [0.2, 0.25) is 0 Å². The Hall–Kier alpha value is -2.74. The average Bonchev–Trinajstić information content (AvgIpc) is 3.14. The zero-order valence-electron chi connectivity index (χ0n) is 15.1. The summed E-state index contributed by atoms with van der Waals surface area (Å²) in [6.45, 7) is 1.99. The third-order valence-corrected chi connectivity index (χ3v) is 4.95. The Kier molecular flexibility index (Phi) is 6.18. The zero-order chi connectivity index (χ0) is 19.2. The van der Waals surface area contributed by atoms with E-state index in [0.717, 1.165) is 11.3 Å². The number of rotatable bonds is 8. The Morgan fingerprint density at radius 3 is 2.74 bits per heavy atom. The number of ether oxygens (including phenoxy) is 1. The van der Waals surface area contributed by atoms with E-state index >= 15 is 0 Å². The monoisotopic (exact) mass is 386 g/mol. The molecule has 2 aromatic carbocycles. The van der Waals surface area contributed by atoms with Crippen molar-refractivity contribution in [1.82, 2.24) is 20.2 Å². The van der Waals surface area contributed by atoms with Gasteiger partial charge in [-0.3, -0.25) is 4.79 Å². The maximum atomic E-state index is 12.9. The predicted molar refractivity (Wildman–Crippen MR) is 101 cm³/mol. The summed E-state index contributed by atoms with van der Waals surface area (Å²) < 4.78 is 20.0. The van der Waals surface area contributed by atoms with E-state index in [1.165, 1.54) is 36.0 Å². The summed E-state index contributed by atoms with van der Waals surface area (Å²) in [5.41, 5.74) is 2.37. The van der Waals surface area contributed by atoms with Crippen LogP contribution in [0, 0.1) is 12.7 Å². The summed E-state index contributed by atoms with van der Waals surface area (Å²) in [4.78, 5) is 12.1. The molecule has 0 saturated carbocycles. The van der Waals surface area contributed by atoms with Gasteiger partial charge in [0, 0.05) is 17.7 Å². The lowest BCUT2D eigenvalue weighted by Gasteiger charge is -2.10. The minimum atomic E-state index is -0.347. The van der Waals surface area contributed by atoms with Crippen molar-refractivity contribution in [3.05, 3.63) is 59.4 Å². The molecule has 0 aliphatic carbocycles. The molecule has 0 unspecified atom stereocenters. The SMILES string of the molecule is COc1ccc(C)cc1-n1nnnc1SCCCC(=O)c1ccc(F)cc1. The molecule has 0 aliphatic heterocycles. The van der Waals surface area contributed by atoms with Gasteiger partial charge in [0.15, 0.2) is 5.78 Å². The minimum absolute atomic E-state index is 0.00412. The van der Waals surface area contributed by atoms with E-state index in [9.17, 15) is 9.18 Å². The number of carbonyl (C=O) groups excluding carboxylic acids is 1.